The lowest BCUT2D eigenvalue weighted by Crippen LogP contribution is -2.63. The Hall–Kier alpha value is -1.93. The summed E-state index contributed by atoms with van der Waals surface area (Å²) in [6, 6.07) is 0.366. The normalized spacial score (nSPS) is 25.7. The lowest BCUT2D eigenvalue weighted by molar-refractivity contribution is -0.138. The van der Waals surface area contributed by atoms with Crippen LogP contribution >= 0.6 is 0 Å². The number of hydrogen-bond acceptors (Lipinski definition) is 7. The third-order valence-corrected chi connectivity index (χ3v) is 5.16. The van der Waals surface area contributed by atoms with Gasteiger partial charge in [0.25, 0.3) is 11.8 Å². The standard InChI is InChI=1S/C17H24N4O4/c1-11-14(4-3-6-23-11)17(22)21-8-13(9-21)20-5-7-24-15(10-20)16-18-12(2)19-25-16/h13,15H,3-10H2,1-2H3. The fourth-order valence-corrected chi connectivity index (χ4v) is 3.63. The number of aryl methyl sites for hydroxylation is 1. The summed E-state index contributed by atoms with van der Waals surface area (Å²) in [6.45, 7) is 8.14. The van der Waals surface area contributed by atoms with Crippen LogP contribution in [0, 0.1) is 6.92 Å². The summed E-state index contributed by atoms with van der Waals surface area (Å²) < 4.78 is 16.5. The number of hydrogen-bond donors (Lipinski definition) is 0. The van der Waals surface area contributed by atoms with E-state index in [2.05, 4.69) is 15.0 Å². The summed E-state index contributed by atoms with van der Waals surface area (Å²) in [5, 5.41) is 3.84. The number of nitrogens with zero attached hydrogens (tertiary/aromatic N) is 4. The number of rotatable bonds is 3. The molecule has 25 heavy (non-hydrogen) atoms. The van der Waals surface area contributed by atoms with E-state index < -0.39 is 0 Å². The first-order chi connectivity index (χ1) is 12.1. The molecule has 0 aromatic carbocycles. The van der Waals surface area contributed by atoms with Crippen molar-refractivity contribution in [1.29, 1.82) is 0 Å². The quantitative estimate of drug-likeness (QED) is 0.807. The first kappa shape index (κ1) is 16.5. The van der Waals surface area contributed by atoms with Crippen LogP contribution in [0.5, 0.6) is 0 Å². The van der Waals surface area contributed by atoms with Gasteiger partial charge >= 0.3 is 0 Å². The van der Waals surface area contributed by atoms with E-state index in [0.29, 0.717) is 24.4 Å². The second-order valence-electron chi connectivity index (χ2n) is 6.88. The largest absolute Gasteiger partial charge is 0.498 e. The maximum Gasteiger partial charge on any atom is 0.257 e. The molecule has 1 unspecified atom stereocenters. The average Bonchev–Trinajstić information content (AvgIpc) is 3.01. The van der Waals surface area contributed by atoms with Crippen molar-refractivity contribution in [1.82, 2.24) is 19.9 Å². The molecule has 1 atom stereocenters. The molecule has 0 bridgehead atoms. The second kappa shape index (κ2) is 6.76. The van der Waals surface area contributed by atoms with Crippen LogP contribution in [0.3, 0.4) is 0 Å². The topological polar surface area (TPSA) is 80.9 Å². The van der Waals surface area contributed by atoms with Crippen LogP contribution < -0.4 is 0 Å². The third-order valence-electron chi connectivity index (χ3n) is 5.16. The Morgan fingerprint density at radius 3 is 2.76 bits per heavy atom. The molecule has 4 rings (SSSR count). The molecule has 4 heterocycles. The predicted octanol–water partition coefficient (Wildman–Crippen LogP) is 1.05. The highest BCUT2D eigenvalue weighted by molar-refractivity contribution is 5.94. The molecule has 1 aromatic rings. The van der Waals surface area contributed by atoms with Crippen LogP contribution in [0.2, 0.25) is 0 Å². The van der Waals surface area contributed by atoms with Crippen molar-refractivity contribution in [3.63, 3.8) is 0 Å². The van der Waals surface area contributed by atoms with Crippen LogP contribution in [-0.2, 0) is 14.3 Å². The number of allylic oxidation sites excluding steroid dienone is 1. The zero-order valence-corrected chi connectivity index (χ0v) is 14.7. The van der Waals surface area contributed by atoms with Crippen molar-refractivity contribution in [3.8, 4) is 0 Å². The van der Waals surface area contributed by atoms with Crippen LogP contribution in [0.1, 0.15) is 37.6 Å². The molecule has 0 saturated carbocycles. The van der Waals surface area contributed by atoms with E-state index in [4.69, 9.17) is 14.0 Å². The molecule has 136 valence electrons. The van der Waals surface area contributed by atoms with Crippen LogP contribution in [-0.4, -0.2) is 71.3 Å². The van der Waals surface area contributed by atoms with E-state index in [0.717, 1.165) is 57.0 Å². The number of likely N-dealkylation sites (tertiary alicyclic amines) is 1. The minimum Gasteiger partial charge on any atom is -0.498 e. The van der Waals surface area contributed by atoms with Gasteiger partial charge in [0.15, 0.2) is 5.82 Å². The molecule has 0 aliphatic carbocycles. The van der Waals surface area contributed by atoms with Gasteiger partial charge in [0, 0.05) is 32.2 Å². The number of ether oxygens (including phenoxy) is 2. The number of aromatic nitrogens is 2. The Balaban J connectivity index is 1.33. The van der Waals surface area contributed by atoms with Crippen molar-refractivity contribution in [2.75, 3.05) is 39.4 Å². The SMILES string of the molecule is CC1=C(C(=O)N2CC(N3CCOC(c4nc(C)no4)C3)C2)CCCO1. The lowest BCUT2D eigenvalue weighted by atomic mass is 10.0. The van der Waals surface area contributed by atoms with Gasteiger partial charge in [-0.3, -0.25) is 9.69 Å². The van der Waals surface area contributed by atoms with Crippen molar-refractivity contribution >= 4 is 5.91 Å². The highest BCUT2D eigenvalue weighted by Gasteiger charge is 2.39. The fourth-order valence-electron chi connectivity index (χ4n) is 3.63. The fraction of sp³-hybridized carbons (Fsp3) is 0.706. The lowest BCUT2D eigenvalue weighted by Gasteiger charge is -2.47. The summed E-state index contributed by atoms with van der Waals surface area (Å²) in [6.07, 6.45) is 1.56. The predicted molar refractivity (Wildman–Crippen MR) is 87.6 cm³/mol. The first-order valence-electron chi connectivity index (χ1n) is 8.89. The summed E-state index contributed by atoms with van der Waals surface area (Å²) in [5.74, 6) is 2.08. The number of amides is 1. The molecule has 0 radical (unpaired) electrons. The first-order valence-corrected chi connectivity index (χ1v) is 8.89. The van der Waals surface area contributed by atoms with E-state index in [1.54, 1.807) is 6.92 Å². The highest BCUT2D eigenvalue weighted by atomic mass is 16.5. The molecular weight excluding hydrogens is 324 g/mol. The number of carbonyl (C=O) groups is 1. The molecule has 0 spiro atoms. The van der Waals surface area contributed by atoms with Gasteiger partial charge in [-0.25, -0.2) is 0 Å². The highest BCUT2D eigenvalue weighted by Crippen LogP contribution is 2.28. The van der Waals surface area contributed by atoms with Crippen molar-refractivity contribution in [2.24, 2.45) is 0 Å². The average molecular weight is 348 g/mol. The van der Waals surface area contributed by atoms with Crippen LogP contribution in [0.4, 0.5) is 0 Å². The van der Waals surface area contributed by atoms with Gasteiger partial charge in [0.2, 0.25) is 0 Å². The Labute approximate surface area is 146 Å². The van der Waals surface area contributed by atoms with Crippen molar-refractivity contribution in [2.45, 2.75) is 38.8 Å². The van der Waals surface area contributed by atoms with E-state index >= 15 is 0 Å². The molecule has 8 nitrogen and oxygen atoms in total. The summed E-state index contributed by atoms with van der Waals surface area (Å²) in [4.78, 5) is 21.2. The van der Waals surface area contributed by atoms with Gasteiger partial charge in [0.1, 0.15) is 11.9 Å². The van der Waals surface area contributed by atoms with Crippen LogP contribution in [0.15, 0.2) is 15.9 Å². The van der Waals surface area contributed by atoms with Crippen LogP contribution in [0.25, 0.3) is 0 Å². The Bertz CT molecular complexity index is 680. The zero-order chi connectivity index (χ0) is 17.4. The van der Waals surface area contributed by atoms with Gasteiger partial charge in [0.05, 0.1) is 18.8 Å². The Kier molecular flexibility index (Phi) is 4.47. The summed E-state index contributed by atoms with van der Waals surface area (Å²) in [7, 11) is 0. The molecular formula is C17H24N4O4. The Morgan fingerprint density at radius 1 is 1.20 bits per heavy atom. The zero-order valence-electron chi connectivity index (χ0n) is 14.7. The summed E-state index contributed by atoms with van der Waals surface area (Å²) >= 11 is 0. The molecule has 2 fully saturated rings. The molecule has 0 N–H and O–H groups in total. The molecule has 1 amide bonds. The maximum atomic E-state index is 12.6. The smallest absolute Gasteiger partial charge is 0.257 e. The molecule has 3 aliphatic heterocycles. The minimum absolute atomic E-state index is 0.130. The monoisotopic (exact) mass is 348 g/mol. The Morgan fingerprint density at radius 2 is 2.04 bits per heavy atom. The number of morpholine rings is 1. The number of carbonyl (C=O) groups excluding carboxylic acids is 1. The molecule has 2 saturated heterocycles. The minimum atomic E-state index is -0.184. The molecule has 3 aliphatic rings. The van der Waals surface area contributed by atoms with Gasteiger partial charge in [-0.2, -0.15) is 4.98 Å². The van der Waals surface area contributed by atoms with E-state index in [1.165, 1.54) is 0 Å². The maximum absolute atomic E-state index is 12.6. The van der Waals surface area contributed by atoms with Gasteiger partial charge < -0.3 is 18.9 Å². The second-order valence-corrected chi connectivity index (χ2v) is 6.88. The van der Waals surface area contributed by atoms with Gasteiger partial charge in [-0.15, -0.1) is 0 Å². The van der Waals surface area contributed by atoms with E-state index in [9.17, 15) is 4.79 Å². The van der Waals surface area contributed by atoms with Gasteiger partial charge in [-0.05, 0) is 26.7 Å². The third kappa shape index (κ3) is 3.28. The molecule has 8 heteroatoms. The van der Waals surface area contributed by atoms with Crippen molar-refractivity contribution < 1.29 is 18.8 Å². The van der Waals surface area contributed by atoms with Crippen molar-refractivity contribution in [3.05, 3.63) is 23.0 Å². The van der Waals surface area contributed by atoms with E-state index in [1.807, 2.05) is 11.8 Å². The van der Waals surface area contributed by atoms with Gasteiger partial charge in [-0.1, -0.05) is 5.16 Å². The van der Waals surface area contributed by atoms with E-state index in [-0.39, 0.29) is 12.0 Å². The summed E-state index contributed by atoms with van der Waals surface area (Å²) in [5.41, 5.74) is 0.839. The molecule has 1 aromatic heterocycles.